The van der Waals surface area contributed by atoms with Gasteiger partial charge in [0, 0.05) is 10.6 Å². The van der Waals surface area contributed by atoms with Crippen LogP contribution in [0.2, 0.25) is 0 Å². The minimum atomic E-state index is -0.619. The van der Waals surface area contributed by atoms with Gasteiger partial charge in [-0.2, -0.15) is 4.98 Å². The molecule has 0 aliphatic heterocycles. The van der Waals surface area contributed by atoms with Gasteiger partial charge in [-0.15, -0.1) is 11.8 Å². The van der Waals surface area contributed by atoms with Crippen LogP contribution in [0.1, 0.15) is 18.7 Å². The molecular formula is C17H20FN5O2S. The van der Waals surface area contributed by atoms with Crippen LogP contribution in [0.3, 0.4) is 0 Å². The molecule has 2 heterocycles. The van der Waals surface area contributed by atoms with Gasteiger partial charge in [0.25, 0.3) is 5.56 Å². The maximum atomic E-state index is 13.4. The second-order valence-electron chi connectivity index (χ2n) is 5.91. The Morgan fingerprint density at radius 3 is 2.81 bits per heavy atom. The van der Waals surface area contributed by atoms with Gasteiger partial charge in [-0.25, -0.2) is 9.37 Å². The molecule has 3 N–H and O–H groups in total. The number of nitrogens with one attached hydrogen (secondary N) is 1. The van der Waals surface area contributed by atoms with E-state index in [2.05, 4.69) is 15.0 Å². The standard InChI is InChI=1S/C17H20FN5O2S/c1-10-3-5-13(6-4-10)26-8-12(7-18)25-11(2)23-9-20-14-15(23)21-17(19)22-16(14)24/h3-6,9,11-12H,7-8H2,1-2H3,(H3,19,21,22,24)/t11?,12-/m0/s1. The number of halogens is 1. The van der Waals surface area contributed by atoms with Crippen molar-refractivity contribution < 1.29 is 9.13 Å². The molecule has 0 radical (unpaired) electrons. The van der Waals surface area contributed by atoms with E-state index in [1.807, 2.05) is 31.2 Å². The summed E-state index contributed by atoms with van der Waals surface area (Å²) >= 11 is 1.53. The summed E-state index contributed by atoms with van der Waals surface area (Å²) in [5.74, 6) is 0.459. The Labute approximate surface area is 153 Å². The van der Waals surface area contributed by atoms with Gasteiger partial charge < -0.3 is 10.5 Å². The van der Waals surface area contributed by atoms with Gasteiger partial charge in [-0.1, -0.05) is 17.7 Å². The molecule has 2 aromatic heterocycles. The van der Waals surface area contributed by atoms with Crippen molar-refractivity contribution >= 4 is 28.9 Å². The van der Waals surface area contributed by atoms with Crippen LogP contribution in [0, 0.1) is 6.92 Å². The van der Waals surface area contributed by atoms with Gasteiger partial charge in [0.05, 0.1) is 12.4 Å². The summed E-state index contributed by atoms with van der Waals surface area (Å²) in [6, 6.07) is 8.03. The van der Waals surface area contributed by atoms with E-state index in [9.17, 15) is 9.18 Å². The molecule has 0 bridgehead atoms. The van der Waals surface area contributed by atoms with Crippen LogP contribution in [0.4, 0.5) is 10.3 Å². The molecule has 0 amide bonds. The first-order valence-electron chi connectivity index (χ1n) is 8.11. The number of aryl methyl sites for hydroxylation is 1. The number of ether oxygens (including phenoxy) is 1. The van der Waals surface area contributed by atoms with Crippen LogP contribution in [0.25, 0.3) is 11.2 Å². The van der Waals surface area contributed by atoms with Crippen LogP contribution in [-0.2, 0) is 4.74 Å². The normalized spacial score (nSPS) is 13.8. The number of alkyl halides is 1. The molecule has 3 rings (SSSR count). The summed E-state index contributed by atoms with van der Waals surface area (Å²) in [5.41, 5.74) is 6.82. The average molecular weight is 377 g/mol. The van der Waals surface area contributed by atoms with E-state index in [1.165, 1.54) is 23.7 Å². The summed E-state index contributed by atoms with van der Waals surface area (Å²) in [4.78, 5) is 23.4. The molecule has 0 aliphatic carbocycles. The zero-order chi connectivity index (χ0) is 18.7. The van der Waals surface area contributed by atoms with E-state index >= 15 is 0 Å². The van der Waals surface area contributed by atoms with E-state index < -0.39 is 24.6 Å². The fraction of sp³-hybridized carbons (Fsp3) is 0.353. The smallest absolute Gasteiger partial charge is 0.280 e. The van der Waals surface area contributed by atoms with Crippen LogP contribution in [0.15, 0.2) is 40.3 Å². The molecule has 0 spiro atoms. The maximum Gasteiger partial charge on any atom is 0.280 e. The van der Waals surface area contributed by atoms with E-state index in [0.717, 1.165) is 4.90 Å². The first-order chi connectivity index (χ1) is 12.5. The first-order valence-corrected chi connectivity index (χ1v) is 9.09. The Balaban J connectivity index is 1.70. The molecule has 0 saturated heterocycles. The van der Waals surface area contributed by atoms with Crippen molar-refractivity contribution in [1.29, 1.82) is 0 Å². The highest BCUT2D eigenvalue weighted by atomic mass is 32.2. The first kappa shape index (κ1) is 18.4. The molecule has 3 aromatic rings. The molecule has 26 heavy (non-hydrogen) atoms. The van der Waals surface area contributed by atoms with Crippen molar-refractivity contribution in [2.45, 2.75) is 31.1 Å². The van der Waals surface area contributed by atoms with Crippen molar-refractivity contribution in [2.75, 3.05) is 18.2 Å². The molecule has 1 aromatic carbocycles. The average Bonchev–Trinajstić information content (AvgIpc) is 3.04. The predicted octanol–water partition coefficient (Wildman–Crippen LogP) is 2.68. The number of thioether (sulfide) groups is 1. The Morgan fingerprint density at radius 2 is 2.12 bits per heavy atom. The SMILES string of the molecule is Cc1ccc(SC[C@H](CF)OC(C)n2cnc3c(=O)[nH]c(N)nc32)cc1. The number of aromatic nitrogens is 4. The van der Waals surface area contributed by atoms with Crippen molar-refractivity contribution in [3.63, 3.8) is 0 Å². The molecule has 0 aliphatic rings. The molecule has 0 fully saturated rings. The lowest BCUT2D eigenvalue weighted by Gasteiger charge is -2.21. The lowest BCUT2D eigenvalue weighted by Crippen LogP contribution is -2.23. The number of anilines is 1. The fourth-order valence-corrected chi connectivity index (χ4v) is 3.37. The third kappa shape index (κ3) is 4.05. The van der Waals surface area contributed by atoms with Gasteiger partial charge in [0.15, 0.2) is 11.2 Å². The highest BCUT2D eigenvalue weighted by molar-refractivity contribution is 7.99. The lowest BCUT2D eigenvalue weighted by molar-refractivity contribution is -0.0390. The largest absolute Gasteiger partial charge is 0.369 e. The van der Waals surface area contributed by atoms with Crippen LogP contribution in [-0.4, -0.2) is 38.1 Å². The minimum Gasteiger partial charge on any atom is -0.369 e. The number of aromatic amines is 1. The number of nitrogens with two attached hydrogens (primary N) is 1. The number of nitrogens with zero attached hydrogens (tertiary/aromatic N) is 3. The van der Waals surface area contributed by atoms with Crippen molar-refractivity contribution in [3.8, 4) is 0 Å². The lowest BCUT2D eigenvalue weighted by atomic mass is 10.2. The van der Waals surface area contributed by atoms with Gasteiger partial charge in [-0.3, -0.25) is 14.3 Å². The maximum absolute atomic E-state index is 13.4. The van der Waals surface area contributed by atoms with E-state index in [1.54, 1.807) is 11.5 Å². The number of rotatable bonds is 7. The Kier molecular flexibility index (Phi) is 5.58. The molecule has 2 atom stereocenters. The number of benzene rings is 1. The number of imidazole rings is 1. The molecule has 1 unspecified atom stereocenters. The van der Waals surface area contributed by atoms with Gasteiger partial charge >= 0.3 is 0 Å². The number of H-pyrrole nitrogens is 1. The molecule has 9 heteroatoms. The fourth-order valence-electron chi connectivity index (χ4n) is 2.50. The topological polar surface area (TPSA) is 98.8 Å². The number of hydrogen-bond acceptors (Lipinski definition) is 6. The van der Waals surface area contributed by atoms with Crippen LogP contribution >= 0.6 is 11.8 Å². The quantitative estimate of drug-likeness (QED) is 0.614. The summed E-state index contributed by atoms with van der Waals surface area (Å²) in [6.45, 7) is 3.15. The Morgan fingerprint density at radius 1 is 1.38 bits per heavy atom. The van der Waals surface area contributed by atoms with Gasteiger partial charge in [-0.05, 0) is 26.0 Å². The minimum absolute atomic E-state index is 0.00609. The summed E-state index contributed by atoms with van der Waals surface area (Å²) < 4.78 is 20.8. The van der Waals surface area contributed by atoms with Crippen molar-refractivity contribution in [2.24, 2.45) is 0 Å². The zero-order valence-corrected chi connectivity index (χ0v) is 15.3. The van der Waals surface area contributed by atoms with E-state index in [-0.39, 0.29) is 11.5 Å². The number of fused-ring (bicyclic) bond motifs is 1. The number of nitrogen functional groups attached to an aromatic ring is 1. The van der Waals surface area contributed by atoms with E-state index in [0.29, 0.717) is 11.4 Å². The highest BCUT2D eigenvalue weighted by Gasteiger charge is 2.19. The van der Waals surface area contributed by atoms with Crippen LogP contribution < -0.4 is 11.3 Å². The molecule has 7 nitrogen and oxygen atoms in total. The molecule has 138 valence electrons. The van der Waals surface area contributed by atoms with Crippen LogP contribution in [0.5, 0.6) is 0 Å². The second-order valence-corrected chi connectivity index (χ2v) is 7.00. The third-order valence-electron chi connectivity index (χ3n) is 3.86. The molecule has 0 saturated carbocycles. The second kappa shape index (κ2) is 7.88. The summed E-state index contributed by atoms with van der Waals surface area (Å²) in [6.07, 6.45) is 0.292. The van der Waals surface area contributed by atoms with Crippen molar-refractivity contribution in [1.82, 2.24) is 19.5 Å². The highest BCUT2D eigenvalue weighted by Crippen LogP contribution is 2.23. The van der Waals surface area contributed by atoms with E-state index in [4.69, 9.17) is 10.5 Å². The van der Waals surface area contributed by atoms with Gasteiger partial charge in [0.2, 0.25) is 5.95 Å². The zero-order valence-electron chi connectivity index (χ0n) is 14.5. The van der Waals surface area contributed by atoms with Gasteiger partial charge in [0.1, 0.15) is 12.9 Å². The monoisotopic (exact) mass is 377 g/mol. The Bertz CT molecular complexity index is 940. The molecular weight excluding hydrogens is 357 g/mol. The summed E-state index contributed by atoms with van der Waals surface area (Å²) in [5, 5.41) is 0. The predicted molar refractivity (Wildman–Crippen MR) is 100 cm³/mol. The number of hydrogen-bond donors (Lipinski definition) is 2. The Hall–Kier alpha value is -2.39. The summed E-state index contributed by atoms with van der Waals surface area (Å²) in [7, 11) is 0. The van der Waals surface area contributed by atoms with Crippen molar-refractivity contribution in [3.05, 3.63) is 46.5 Å². The third-order valence-corrected chi connectivity index (χ3v) is 5.00.